The lowest BCUT2D eigenvalue weighted by Gasteiger charge is -2.04. The van der Waals surface area contributed by atoms with E-state index in [0.717, 1.165) is 16.5 Å². The number of aromatic nitrogens is 4. The van der Waals surface area contributed by atoms with Crippen molar-refractivity contribution in [2.45, 2.75) is 0 Å². The third-order valence-electron chi connectivity index (χ3n) is 3.05. The monoisotopic (exact) mass is 308 g/mol. The molecule has 0 N–H and O–H groups in total. The average molecular weight is 309 g/mol. The average Bonchev–Trinajstić information content (AvgIpc) is 2.75. The van der Waals surface area contributed by atoms with E-state index in [1.807, 2.05) is 29.9 Å². The van der Waals surface area contributed by atoms with Crippen molar-refractivity contribution >= 4 is 34.1 Å². The standard InChI is InChI=1S/C13H10Cl2N4O/c1-19-5-8(12-16-6-17-13(15)18-12)7-3-11(20-2)9(14)4-10(7)19/h3-6H,1-2H3. The van der Waals surface area contributed by atoms with Crippen molar-refractivity contribution < 1.29 is 4.74 Å². The highest BCUT2D eigenvalue weighted by molar-refractivity contribution is 6.33. The van der Waals surface area contributed by atoms with E-state index in [2.05, 4.69) is 15.0 Å². The van der Waals surface area contributed by atoms with Gasteiger partial charge in [0.05, 0.1) is 17.6 Å². The van der Waals surface area contributed by atoms with Crippen molar-refractivity contribution in [1.82, 2.24) is 19.5 Å². The molecule has 2 heterocycles. The van der Waals surface area contributed by atoms with Gasteiger partial charge in [-0.3, -0.25) is 0 Å². The van der Waals surface area contributed by atoms with Gasteiger partial charge < -0.3 is 9.30 Å². The molecule has 3 rings (SSSR count). The van der Waals surface area contributed by atoms with Gasteiger partial charge in [0, 0.05) is 24.2 Å². The predicted molar refractivity (Wildman–Crippen MR) is 78.3 cm³/mol. The minimum atomic E-state index is 0.160. The summed E-state index contributed by atoms with van der Waals surface area (Å²) in [6.07, 6.45) is 3.31. The fourth-order valence-corrected chi connectivity index (χ4v) is 2.48. The van der Waals surface area contributed by atoms with Crippen molar-refractivity contribution in [2.24, 2.45) is 7.05 Å². The first-order valence-electron chi connectivity index (χ1n) is 5.77. The van der Waals surface area contributed by atoms with Crippen LogP contribution in [0.15, 0.2) is 24.7 Å². The fraction of sp³-hybridized carbons (Fsp3) is 0.154. The maximum atomic E-state index is 6.16. The number of fused-ring (bicyclic) bond motifs is 1. The fourth-order valence-electron chi connectivity index (χ4n) is 2.12. The number of halogens is 2. The van der Waals surface area contributed by atoms with Crippen LogP contribution in [-0.2, 0) is 7.05 Å². The van der Waals surface area contributed by atoms with E-state index >= 15 is 0 Å². The number of hydrogen-bond acceptors (Lipinski definition) is 4. The van der Waals surface area contributed by atoms with Gasteiger partial charge >= 0.3 is 0 Å². The maximum Gasteiger partial charge on any atom is 0.225 e. The topological polar surface area (TPSA) is 52.8 Å². The van der Waals surface area contributed by atoms with Gasteiger partial charge in [-0.15, -0.1) is 0 Å². The Morgan fingerprint density at radius 3 is 2.70 bits per heavy atom. The maximum absolute atomic E-state index is 6.16. The third-order valence-corrected chi connectivity index (χ3v) is 3.52. The molecule has 102 valence electrons. The number of benzene rings is 1. The largest absolute Gasteiger partial charge is 0.495 e. The molecule has 0 spiro atoms. The molecule has 5 nitrogen and oxygen atoms in total. The highest BCUT2D eigenvalue weighted by Crippen LogP contribution is 2.35. The summed E-state index contributed by atoms with van der Waals surface area (Å²) in [5.74, 6) is 1.12. The smallest absolute Gasteiger partial charge is 0.225 e. The Hall–Kier alpha value is -1.85. The molecule has 20 heavy (non-hydrogen) atoms. The molecule has 0 atom stereocenters. The van der Waals surface area contributed by atoms with Crippen LogP contribution in [0.2, 0.25) is 10.3 Å². The van der Waals surface area contributed by atoms with Crippen LogP contribution in [0.5, 0.6) is 5.75 Å². The first-order chi connectivity index (χ1) is 9.60. The van der Waals surface area contributed by atoms with E-state index in [-0.39, 0.29) is 5.28 Å². The lowest BCUT2D eigenvalue weighted by Crippen LogP contribution is -1.90. The number of rotatable bonds is 2. The van der Waals surface area contributed by atoms with Crippen LogP contribution < -0.4 is 4.74 Å². The van der Waals surface area contributed by atoms with Crippen LogP contribution in [0.1, 0.15) is 0 Å². The minimum Gasteiger partial charge on any atom is -0.495 e. The number of aryl methyl sites for hydroxylation is 1. The SMILES string of the molecule is COc1cc2c(-c3ncnc(Cl)n3)cn(C)c2cc1Cl. The van der Waals surface area contributed by atoms with Crippen LogP contribution in [0.4, 0.5) is 0 Å². The first kappa shape index (κ1) is 13.1. The van der Waals surface area contributed by atoms with Crippen molar-refractivity contribution in [2.75, 3.05) is 7.11 Å². The molecular weight excluding hydrogens is 299 g/mol. The molecule has 2 aromatic heterocycles. The predicted octanol–water partition coefficient (Wildman–Crippen LogP) is 3.35. The number of methoxy groups -OCH3 is 1. The molecular formula is C13H10Cl2N4O. The molecule has 0 unspecified atom stereocenters. The second-order valence-corrected chi connectivity index (χ2v) is 4.98. The van der Waals surface area contributed by atoms with E-state index in [1.54, 1.807) is 7.11 Å². The van der Waals surface area contributed by atoms with E-state index in [9.17, 15) is 0 Å². The summed E-state index contributed by atoms with van der Waals surface area (Å²) in [7, 11) is 3.51. The molecule has 3 aromatic rings. The zero-order chi connectivity index (χ0) is 14.3. The number of nitrogens with zero attached hydrogens (tertiary/aromatic N) is 4. The third kappa shape index (κ3) is 2.09. The normalized spacial score (nSPS) is 11.0. The number of ether oxygens (including phenoxy) is 1. The van der Waals surface area contributed by atoms with Gasteiger partial charge in [-0.05, 0) is 23.7 Å². The molecule has 0 aliphatic carbocycles. The second-order valence-electron chi connectivity index (χ2n) is 4.24. The summed E-state index contributed by atoms with van der Waals surface area (Å²) in [4.78, 5) is 12.1. The molecule has 0 saturated heterocycles. The Bertz CT molecular complexity index is 800. The van der Waals surface area contributed by atoms with Gasteiger partial charge in [0.1, 0.15) is 12.1 Å². The molecule has 0 aliphatic heterocycles. The van der Waals surface area contributed by atoms with Crippen molar-refractivity contribution in [1.29, 1.82) is 0 Å². The highest BCUT2D eigenvalue weighted by Gasteiger charge is 2.14. The summed E-state index contributed by atoms with van der Waals surface area (Å²) < 4.78 is 7.21. The summed E-state index contributed by atoms with van der Waals surface area (Å²) in [5, 5.41) is 1.66. The summed E-state index contributed by atoms with van der Waals surface area (Å²) >= 11 is 12.0. The Balaban J connectivity index is 2.31. The van der Waals surface area contributed by atoms with Crippen LogP contribution in [0, 0.1) is 0 Å². The van der Waals surface area contributed by atoms with Gasteiger partial charge in [0.25, 0.3) is 0 Å². The van der Waals surface area contributed by atoms with Crippen LogP contribution in [0.3, 0.4) is 0 Å². The number of hydrogen-bond donors (Lipinski definition) is 0. The highest BCUT2D eigenvalue weighted by atomic mass is 35.5. The van der Waals surface area contributed by atoms with E-state index < -0.39 is 0 Å². The lowest BCUT2D eigenvalue weighted by atomic mass is 10.1. The second kappa shape index (κ2) is 4.92. The van der Waals surface area contributed by atoms with E-state index in [1.165, 1.54) is 6.33 Å². The lowest BCUT2D eigenvalue weighted by molar-refractivity contribution is 0.415. The van der Waals surface area contributed by atoms with Crippen LogP contribution in [-0.4, -0.2) is 26.6 Å². The molecule has 0 radical (unpaired) electrons. The quantitative estimate of drug-likeness (QED) is 0.728. The first-order valence-corrected chi connectivity index (χ1v) is 6.53. The molecule has 0 amide bonds. The van der Waals surface area contributed by atoms with Gasteiger partial charge in [-0.1, -0.05) is 11.6 Å². The van der Waals surface area contributed by atoms with Gasteiger partial charge in [0.15, 0.2) is 5.82 Å². The molecule has 7 heteroatoms. The molecule has 1 aromatic carbocycles. The summed E-state index contributed by atoms with van der Waals surface area (Å²) in [5.41, 5.74) is 1.81. The Kier molecular flexibility index (Phi) is 3.23. The van der Waals surface area contributed by atoms with Crippen molar-refractivity contribution in [3.8, 4) is 17.1 Å². The summed E-state index contributed by atoms with van der Waals surface area (Å²) in [6, 6.07) is 3.71. The van der Waals surface area contributed by atoms with E-state index in [0.29, 0.717) is 16.6 Å². The molecule has 0 bridgehead atoms. The van der Waals surface area contributed by atoms with Crippen molar-refractivity contribution in [3.63, 3.8) is 0 Å². The van der Waals surface area contributed by atoms with Crippen LogP contribution >= 0.6 is 23.2 Å². The van der Waals surface area contributed by atoms with Gasteiger partial charge in [0.2, 0.25) is 5.28 Å². The van der Waals surface area contributed by atoms with Crippen LogP contribution in [0.25, 0.3) is 22.3 Å². The Morgan fingerprint density at radius 1 is 1.20 bits per heavy atom. The zero-order valence-electron chi connectivity index (χ0n) is 10.8. The Morgan fingerprint density at radius 2 is 2.00 bits per heavy atom. The molecule has 0 fully saturated rings. The van der Waals surface area contributed by atoms with Crippen molar-refractivity contribution in [3.05, 3.63) is 35.0 Å². The van der Waals surface area contributed by atoms with E-state index in [4.69, 9.17) is 27.9 Å². The Labute approximate surface area is 125 Å². The summed E-state index contributed by atoms with van der Waals surface area (Å²) in [6.45, 7) is 0. The van der Waals surface area contributed by atoms with Gasteiger partial charge in [-0.25, -0.2) is 9.97 Å². The van der Waals surface area contributed by atoms with Gasteiger partial charge in [-0.2, -0.15) is 4.98 Å². The molecule has 0 aliphatic rings. The zero-order valence-corrected chi connectivity index (χ0v) is 12.3. The minimum absolute atomic E-state index is 0.160. The molecule has 0 saturated carbocycles.